The van der Waals surface area contributed by atoms with Crippen molar-refractivity contribution in [2.24, 2.45) is 11.8 Å². The third-order valence-electron chi connectivity index (χ3n) is 3.81. The van der Waals surface area contributed by atoms with Gasteiger partial charge in [0.25, 0.3) is 0 Å². The monoisotopic (exact) mass is 267 g/mol. The van der Waals surface area contributed by atoms with E-state index < -0.39 is 25.2 Å². The average molecular weight is 267 g/mol. The van der Waals surface area contributed by atoms with Crippen molar-refractivity contribution in [1.82, 2.24) is 4.90 Å². The highest BCUT2D eigenvalue weighted by molar-refractivity contribution is 5.69. The molecular formula is C12H20F3NO2. The summed E-state index contributed by atoms with van der Waals surface area (Å²) < 4.78 is 37.4. The van der Waals surface area contributed by atoms with Gasteiger partial charge in [-0.15, -0.1) is 0 Å². The number of hydrogen-bond donors (Lipinski definition) is 1. The van der Waals surface area contributed by atoms with Crippen LogP contribution in [0.1, 0.15) is 33.1 Å². The Kier molecular flexibility index (Phi) is 5.01. The molecule has 3 atom stereocenters. The molecule has 0 radical (unpaired) electrons. The Morgan fingerprint density at radius 2 is 1.89 bits per heavy atom. The highest BCUT2D eigenvalue weighted by atomic mass is 19.4. The number of alkyl halides is 3. The van der Waals surface area contributed by atoms with E-state index in [1.165, 1.54) is 0 Å². The van der Waals surface area contributed by atoms with Crippen molar-refractivity contribution in [3.05, 3.63) is 0 Å². The van der Waals surface area contributed by atoms with Crippen molar-refractivity contribution in [2.75, 3.05) is 13.1 Å². The number of nitrogens with zero attached hydrogens (tertiary/aromatic N) is 1. The van der Waals surface area contributed by atoms with Crippen LogP contribution in [-0.2, 0) is 4.79 Å². The maximum atomic E-state index is 12.5. The lowest BCUT2D eigenvalue weighted by atomic mass is 9.78. The maximum Gasteiger partial charge on any atom is 0.401 e. The number of aliphatic carboxylic acids is 1. The summed E-state index contributed by atoms with van der Waals surface area (Å²) in [6, 6.07) is -0.270. The minimum Gasteiger partial charge on any atom is -0.480 e. The van der Waals surface area contributed by atoms with Crippen molar-refractivity contribution < 1.29 is 23.1 Å². The predicted octanol–water partition coefficient (Wildman–Crippen LogP) is 2.76. The van der Waals surface area contributed by atoms with Gasteiger partial charge in [-0.2, -0.15) is 13.2 Å². The SMILES string of the molecule is CC1CCC(N(CC(=O)O)CC(F)(F)F)CC1C. The molecule has 1 aliphatic carbocycles. The van der Waals surface area contributed by atoms with Gasteiger partial charge in [0.05, 0.1) is 13.1 Å². The Labute approximate surface area is 105 Å². The second-order valence-corrected chi connectivity index (χ2v) is 5.34. The van der Waals surface area contributed by atoms with E-state index in [4.69, 9.17) is 5.11 Å². The van der Waals surface area contributed by atoms with E-state index in [0.29, 0.717) is 24.7 Å². The number of hydrogen-bond acceptors (Lipinski definition) is 2. The van der Waals surface area contributed by atoms with Crippen LogP contribution >= 0.6 is 0 Å². The maximum absolute atomic E-state index is 12.5. The van der Waals surface area contributed by atoms with Gasteiger partial charge in [0.15, 0.2) is 0 Å². The summed E-state index contributed by atoms with van der Waals surface area (Å²) in [7, 11) is 0. The van der Waals surface area contributed by atoms with Crippen LogP contribution in [0.2, 0.25) is 0 Å². The van der Waals surface area contributed by atoms with Gasteiger partial charge in [-0.1, -0.05) is 13.8 Å². The number of rotatable bonds is 4. The lowest BCUT2D eigenvalue weighted by molar-refractivity contribution is -0.160. The molecule has 0 saturated heterocycles. The first-order valence-corrected chi connectivity index (χ1v) is 6.21. The summed E-state index contributed by atoms with van der Waals surface area (Å²) in [6.07, 6.45) is -2.19. The van der Waals surface area contributed by atoms with Crippen LogP contribution in [0.4, 0.5) is 13.2 Å². The molecule has 1 rings (SSSR count). The third-order valence-corrected chi connectivity index (χ3v) is 3.81. The molecule has 18 heavy (non-hydrogen) atoms. The molecule has 0 aliphatic heterocycles. The van der Waals surface area contributed by atoms with Gasteiger partial charge in [0, 0.05) is 6.04 Å². The fourth-order valence-corrected chi connectivity index (χ4v) is 2.57. The van der Waals surface area contributed by atoms with Crippen LogP contribution in [0, 0.1) is 11.8 Å². The van der Waals surface area contributed by atoms with E-state index >= 15 is 0 Å². The first kappa shape index (κ1) is 15.3. The second-order valence-electron chi connectivity index (χ2n) is 5.34. The summed E-state index contributed by atoms with van der Waals surface area (Å²) in [4.78, 5) is 11.7. The van der Waals surface area contributed by atoms with E-state index in [1.807, 2.05) is 6.92 Å². The largest absolute Gasteiger partial charge is 0.480 e. The molecule has 6 heteroatoms. The molecule has 0 spiro atoms. The Hall–Kier alpha value is -0.780. The van der Waals surface area contributed by atoms with Crippen molar-refractivity contribution in [2.45, 2.75) is 45.3 Å². The summed E-state index contributed by atoms with van der Waals surface area (Å²) in [5, 5.41) is 8.72. The van der Waals surface area contributed by atoms with Crippen LogP contribution in [0.25, 0.3) is 0 Å². The Balaban J connectivity index is 2.67. The van der Waals surface area contributed by atoms with Crippen LogP contribution in [-0.4, -0.2) is 41.3 Å². The van der Waals surface area contributed by atoms with Crippen LogP contribution in [0.5, 0.6) is 0 Å². The van der Waals surface area contributed by atoms with E-state index in [9.17, 15) is 18.0 Å². The lowest BCUT2D eigenvalue weighted by Crippen LogP contribution is -2.47. The molecule has 1 aliphatic rings. The molecule has 0 aromatic carbocycles. The second kappa shape index (κ2) is 5.91. The minimum atomic E-state index is -4.35. The number of carboxylic acid groups (broad SMARTS) is 1. The summed E-state index contributed by atoms with van der Waals surface area (Å²) >= 11 is 0. The number of halogens is 3. The summed E-state index contributed by atoms with van der Waals surface area (Å²) in [5.74, 6) is -0.363. The van der Waals surface area contributed by atoms with E-state index in [0.717, 1.165) is 11.3 Å². The molecule has 0 aromatic rings. The Bertz CT molecular complexity index is 294. The average Bonchev–Trinajstić information content (AvgIpc) is 2.18. The molecule has 1 saturated carbocycles. The van der Waals surface area contributed by atoms with Crippen molar-refractivity contribution in [3.63, 3.8) is 0 Å². The zero-order valence-corrected chi connectivity index (χ0v) is 10.7. The molecule has 0 heterocycles. The lowest BCUT2D eigenvalue weighted by Gasteiger charge is -2.38. The molecule has 3 unspecified atom stereocenters. The first-order valence-electron chi connectivity index (χ1n) is 6.21. The van der Waals surface area contributed by atoms with E-state index in [-0.39, 0.29) is 6.04 Å². The van der Waals surface area contributed by atoms with Gasteiger partial charge in [0.1, 0.15) is 0 Å². The normalized spacial score (nSPS) is 29.6. The zero-order chi connectivity index (χ0) is 13.9. The van der Waals surface area contributed by atoms with Crippen LogP contribution in [0.15, 0.2) is 0 Å². The van der Waals surface area contributed by atoms with E-state index in [2.05, 4.69) is 6.92 Å². The molecule has 3 nitrogen and oxygen atoms in total. The Morgan fingerprint density at radius 1 is 1.28 bits per heavy atom. The summed E-state index contributed by atoms with van der Waals surface area (Å²) in [6.45, 7) is 2.44. The molecular weight excluding hydrogens is 247 g/mol. The topological polar surface area (TPSA) is 40.5 Å². The molecule has 0 amide bonds. The van der Waals surface area contributed by atoms with Gasteiger partial charge in [-0.05, 0) is 31.1 Å². The molecule has 0 aromatic heterocycles. The predicted molar refractivity (Wildman–Crippen MR) is 61.2 cm³/mol. The Morgan fingerprint density at radius 3 is 2.33 bits per heavy atom. The fourth-order valence-electron chi connectivity index (χ4n) is 2.57. The quantitative estimate of drug-likeness (QED) is 0.851. The number of carboxylic acids is 1. The van der Waals surface area contributed by atoms with Crippen molar-refractivity contribution in [3.8, 4) is 0 Å². The first-order chi connectivity index (χ1) is 8.19. The van der Waals surface area contributed by atoms with Gasteiger partial charge in [-0.3, -0.25) is 9.69 Å². The highest BCUT2D eigenvalue weighted by Gasteiger charge is 2.37. The zero-order valence-electron chi connectivity index (χ0n) is 10.7. The minimum absolute atomic E-state index is 0.270. The van der Waals surface area contributed by atoms with Crippen LogP contribution in [0.3, 0.4) is 0 Å². The van der Waals surface area contributed by atoms with Gasteiger partial charge >= 0.3 is 12.1 Å². The summed E-state index contributed by atoms with van der Waals surface area (Å²) in [5.41, 5.74) is 0. The standard InChI is InChI=1S/C12H20F3NO2/c1-8-3-4-10(5-9(8)2)16(6-11(17)18)7-12(13,14)15/h8-10H,3-7H2,1-2H3,(H,17,18). The fraction of sp³-hybridized carbons (Fsp3) is 0.917. The smallest absolute Gasteiger partial charge is 0.401 e. The van der Waals surface area contributed by atoms with Crippen molar-refractivity contribution in [1.29, 1.82) is 0 Å². The van der Waals surface area contributed by atoms with Crippen molar-refractivity contribution >= 4 is 5.97 Å². The van der Waals surface area contributed by atoms with Crippen LogP contribution < -0.4 is 0 Å². The van der Waals surface area contributed by atoms with Gasteiger partial charge < -0.3 is 5.11 Å². The van der Waals surface area contributed by atoms with Gasteiger partial charge in [0.2, 0.25) is 0 Å². The van der Waals surface area contributed by atoms with E-state index in [1.54, 1.807) is 0 Å². The molecule has 1 fully saturated rings. The molecule has 106 valence electrons. The number of carbonyl (C=O) groups is 1. The third kappa shape index (κ3) is 4.84. The highest BCUT2D eigenvalue weighted by Crippen LogP contribution is 2.33. The van der Waals surface area contributed by atoms with Gasteiger partial charge in [-0.25, -0.2) is 0 Å². The molecule has 0 bridgehead atoms. The molecule has 1 N–H and O–H groups in total.